The monoisotopic (exact) mass is 413 g/mol. The molecule has 0 aromatic heterocycles. The van der Waals surface area contributed by atoms with Crippen molar-refractivity contribution in [2.75, 3.05) is 0 Å². The van der Waals surface area contributed by atoms with Crippen LogP contribution in [-0.2, 0) is 0 Å². The predicted molar refractivity (Wildman–Crippen MR) is 99.3 cm³/mol. The van der Waals surface area contributed by atoms with Crippen molar-refractivity contribution in [1.82, 2.24) is 0 Å². The number of rotatable bonds is 9. The van der Waals surface area contributed by atoms with E-state index in [1.165, 1.54) is 50.7 Å². The molecule has 1 N–H and O–H groups in total. The van der Waals surface area contributed by atoms with Crippen molar-refractivity contribution in [2.24, 2.45) is 0 Å². The normalized spacial score (nSPS) is 10.2. The van der Waals surface area contributed by atoms with Crippen molar-refractivity contribution in [3.05, 3.63) is 40.6 Å². The third-order valence-electron chi connectivity index (χ3n) is 3.63. The van der Waals surface area contributed by atoms with Gasteiger partial charge in [-0.1, -0.05) is 18.2 Å². The summed E-state index contributed by atoms with van der Waals surface area (Å²) in [6, 6.07) is 7.55. The summed E-state index contributed by atoms with van der Waals surface area (Å²) in [5, 5.41) is 8.77. The molecule has 1 radical (unpaired) electrons. The largest absolute Gasteiger partial charge is 0.504 e. The molecule has 0 saturated heterocycles. The Hall–Kier alpha value is -0.511. The first kappa shape index (κ1) is 21.5. The number of hydrogen-bond acceptors (Lipinski definition) is 2. The molecule has 1 aromatic carbocycles. The first-order chi connectivity index (χ1) is 10.7. The van der Waals surface area contributed by atoms with Gasteiger partial charge in [-0.3, -0.25) is 4.79 Å². The summed E-state index contributed by atoms with van der Waals surface area (Å²) < 4.78 is 5.04. The molecule has 1 aromatic rings. The van der Waals surface area contributed by atoms with Crippen LogP contribution in [0, 0.1) is 0 Å². The van der Waals surface area contributed by atoms with E-state index in [2.05, 4.69) is 20.8 Å². The Bertz CT molecular complexity index is 401. The van der Waals surface area contributed by atoms with Gasteiger partial charge in [-0.25, -0.2) is 0 Å². The van der Waals surface area contributed by atoms with E-state index in [0.29, 0.717) is 0 Å². The van der Waals surface area contributed by atoms with Crippen LogP contribution in [0.15, 0.2) is 35.1 Å². The van der Waals surface area contributed by atoms with Gasteiger partial charge in [0.25, 0.3) is 0 Å². The van der Waals surface area contributed by atoms with Crippen LogP contribution in [0.5, 0.6) is 5.75 Å². The molecular formula is C19H33O2Sn. The second-order valence-electron chi connectivity index (χ2n) is 5.72. The minimum absolute atomic E-state index is 0.208. The van der Waals surface area contributed by atoms with E-state index in [1.807, 2.05) is 0 Å². The van der Waals surface area contributed by atoms with Gasteiger partial charge in [0.05, 0.1) is 0 Å². The molecule has 22 heavy (non-hydrogen) atoms. The maximum absolute atomic E-state index is 10.6. The summed E-state index contributed by atoms with van der Waals surface area (Å²) in [7, 11) is 0. The summed E-state index contributed by atoms with van der Waals surface area (Å²) >= 11 is -0.839. The van der Waals surface area contributed by atoms with Gasteiger partial charge in [-0.15, -0.1) is 0 Å². The van der Waals surface area contributed by atoms with Gasteiger partial charge in [-0.05, 0) is 12.1 Å². The van der Waals surface area contributed by atoms with Crippen LogP contribution >= 0.6 is 0 Å². The van der Waals surface area contributed by atoms with Gasteiger partial charge in [0.1, 0.15) is 0 Å². The molecule has 0 amide bonds. The van der Waals surface area contributed by atoms with Gasteiger partial charge in [0.2, 0.25) is 5.43 Å². The number of hydrogen-bond donors (Lipinski definition) is 1. The fourth-order valence-corrected chi connectivity index (χ4v) is 11.6. The zero-order valence-electron chi connectivity index (χ0n) is 14.6. The summed E-state index contributed by atoms with van der Waals surface area (Å²) in [6.07, 6.45) is 8.85. The van der Waals surface area contributed by atoms with Gasteiger partial charge < -0.3 is 5.11 Å². The molecule has 1 rings (SSSR count). The molecule has 125 valence electrons. The Balaban J connectivity index is 0.000000425. The van der Waals surface area contributed by atoms with Crippen LogP contribution < -0.4 is 5.43 Å². The first-order valence-electron chi connectivity index (χ1n) is 8.77. The molecule has 0 heterocycles. The fourth-order valence-electron chi connectivity index (χ4n) is 2.18. The first-order valence-corrected chi connectivity index (χ1v) is 14.8. The average molecular weight is 412 g/mol. The third-order valence-corrected chi connectivity index (χ3v) is 12.7. The van der Waals surface area contributed by atoms with E-state index in [0.717, 1.165) is 0 Å². The minimum atomic E-state index is -0.839. The van der Waals surface area contributed by atoms with E-state index in [4.69, 9.17) is 5.11 Å². The van der Waals surface area contributed by atoms with E-state index >= 15 is 0 Å². The van der Waals surface area contributed by atoms with Gasteiger partial charge in [0.15, 0.2) is 5.75 Å². The van der Waals surface area contributed by atoms with Crippen molar-refractivity contribution in [1.29, 1.82) is 0 Å². The summed E-state index contributed by atoms with van der Waals surface area (Å²) in [5.74, 6) is -0.208. The van der Waals surface area contributed by atoms with Crippen LogP contribution in [0.1, 0.15) is 59.3 Å². The van der Waals surface area contributed by atoms with Crippen LogP contribution in [-0.4, -0.2) is 24.9 Å². The van der Waals surface area contributed by atoms with Crippen LogP contribution in [0.4, 0.5) is 0 Å². The van der Waals surface area contributed by atoms with E-state index < -0.39 is 19.8 Å². The maximum Gasteiger partial charge on any atom is 0.220 e. The zero-order chi connectivity index (χ0) is 16.6. The maximum atomic E-state index is 10.6. The van der Waals surface area contributed by atoms with Gasteiger partial charge in [-0.2, -0.15) is 0 Å². The van der Waals surface area contributed by atoms with Crippen molar-refractivity contribution >= 4 is 19.8 Å². The van der Waals surface area contributed by atoms with E-state index in [-0.39, 0.29) is 11.2 Å². The van der Waals surface area contributed by atoms with Crippen LogP contribution in [0.25, 0.3) is 0 Å². The smallest absolute Gasteiger partial charge is 0.220 e. The molecule has 0 fully saturated rings. The fraction of sp³-hybridized carbons (Fsp3) is 0.632. The SMILES string of the molecule is CCC[CH2][Sn]([CH2]CCC)[CH2]CCC.O=c1cccccc1O. The molecular weight excluding hydrogens is 379 g/mol. The number of unbranched alkanes of at least 4 members (excludes halogenated alkanes) is 3. The predicted octanol–water partition coefficient (Wildman–Crippen LogP) is 5.63. The quantitative estimate of drug-likeness (QED) is 0.534. The zero-order valence-corrected chi connectivity index (χ0v) is 17.5. The molecule has 0 saturated carbocycles. The topological polar surface area (TPSA) is 37.3 Å². The van der Waals surface area contributed by atoms with E-state index in [9.17, 15) is 4.79 Å². The van der Waals surface area contributed by atoms with E-state index in [1.54, 1.807) is 31.5 Å². The molecule has 3 heteroatoms. The van der Waals surface area contributed by atoms with Gasteiger partial charge >= 0.3 is 92.4 Å². The van der Waals surface area contributed by atoms with Crippen LogP contribution in [0.2, 0.25) is 13.3 Å². The summed E-state index contributed by atoms with van der Waals surface area (Å²) in [4.78, 5) is 10.6. The third kappa shape index (κ3) is 12.1. The number of aromatic hydroxyl groups is 1. The average Bonchev–Trinajstić information content (AvgIpc) is 2.72. The van der Waals surface area contributed by atoms with Crippen LogP contribution in [0.3, 0.4) is 0 Å². The standard InChI is InChI=1S/C7H6O2.3C4H9.Sn/c8-6-4-2-1-3-5-7(6)9;3*1-3-4-2;/h1-5H,(H,8,9);3*1,3-4H2,2H3;. The van der Waals surface area contributed by atoms with Crippen molar-refractivity contribution in [3.63, 3.8) is 0 Å². The Morgan fingerprint density at radius 3 is 1.73 bits per heavy atom. The molecule has 0 unspecified atom stereocenters. The Kier molecular flexibility index (Phi) is 15.0. The molecule has 0 aliphatic rings. The second kappa shape index (κ2) is 15.4. The van der Waals surface area contributed by atoms with Crippen molar-refractivity contribution in [3.8, 4) is 5.75 Å². The summed E-state index contributed by atoms with van der Waals surface area (Å²) in [6.45, 7) is 7.00. The molecule has 0 aliphatic heterocycles. The van der Waals surface area contributed by atoms with Crippen molar-refractivity contribution < 1.29 is 5.11 Å². The van der Waals surface area contributed by atoms with Crippen molar-refractivity contribution in [2.45, 2.75) is 72.6 Å². The van der Waals surface area contributed by atoms with Gasteiger partial charge in [0, 0.05) is 0 Å². The molecule has 0 atom stereocenters. The summed E-state index contributed by atoms with van der Waals surface area (Å²) in [5.41, 5.74) is -0.347. The molecule has 2 nitrogen and oxygen atoms in total. The Morgan fingerprint density at radius 1 is 0.818 bits per heavy atom. The second-order valence-corrected chi connectivity index (χ2v) is 14.3. The Morgan fingerprint density at radius 2 is 1.27 bits per heavy atom. The molecule has 0 spiro atoms. The minimum Gasteiger partial charge on any atom is -0.504 e. The molecule has 0 bridgehead atoms. The Labute approximate surface area is 143 Å². The molecule has 0 aliphatic carbocycles.